The minimum atomic E-state index is 0.295. The van der Waals surface area contributed by atoms with Crippen molar-refractivity contribution in [1.82, 2.24) is 5.32 Å². The lowest BCUT2D eigenvalue weighted by Crippen LogP contribution is -2.24. The van der Waals surface area contributed by atoms with Crippen molar-refractivity contribution >= 4 is 5.84 Å². The molecule has 0 aromatic carbocycles. The first-order valence-electron chi connectivity index (χ1n) is 6.11. The summed E-state index contributed by atoms with van der Waals surface area (Å²) in [6.45, 7) is 2.55. The van der Waals surface area contributed by atoms with Gasteiger partial charge in [-0.1, -0.05) is 18.0 Å². The molecule has 0 amide bonds. The number of hydrogen-bond acceptors (Lipinski definition) is 4. The van der Waals surface area contributed by atoms with Crippen LogP contribution in [0.5, 0.6) is 0 Å². The van der Waals surface area contributed by atoms with Crippen molar-refractivity contribution < 1.29 is 9.94 Å². The van der Waals surface area contributed by atoms with Crippen LogP contribution in [-0.2, 0) is 4.74 Å². The molecule has 0 heterocycles. The SMILES string of the molecule is NC(CCCNCCOC1CCCC1)=NO. The van der Waals surface area contributed by atoms with Gasteiger partial charge in [0.05, 0.1) is 12.7 Å². The summed E-state index contributed by atoms with van der Waals surface area (Å²) in [4.78, 5) is 0. The quantitative estimate of drug-likeness (QED) is 0.191. The van der Waals surface area contributed by atoms with Crippen LogP contribution in [0.4, 0.5) is 0 Å². The molecule has 1 aliphatic carbocycles. The zero-order valence-electron chi connectivity index (χ0n) is 9.82. The molecule has 5 heteroatoms. The van der Waals surface area contributed by atoms with E-state index in [2.05, 4.69) is 10.5 Å². The van der Waals surface area contributed by atoms with E-state index in [9.17, 15) is 0 Å². The van der Waals surface area contributed by atoms with Crippen LogP contribution in [0.3, 0.4) is 0 Å². The highest BCUT2D eigenvalue weighted by Gasteiger charge is 2.14. The van der Waals surface area contributed by atoms with Crippen molar-refractivity contribution in [2.45, 2.75) is 44.6 Å². The van der Waals surface area contributed by atoms with E-state index >= 15 is 0 Å². The molecule has 1 fully saturated rings. The molecule has 16 heavy (non-hydrogen) atoms. The first kappa shape index (κ1) is 13.3. The third-order valence-corrected chi connectivity index (χ3v) is 2.85. The Bertz CT molecular complexity index is 203. The summed E-state index contributed by atoms with van der Waals surface area (Å²) < 4.78 is 5.70. The van der Waals surface area contributed by atoms with E-state index in [1.54, 1.807) is 0 Å². The molecule has 0 aromatic rings. The fraction of sp³-hybridized carbons (Fsp3) is 0.909. The number of ether oxygens (including phenoxy) is 1. The van der Waals surface area contributed by atoms with Crippen molar-refractivity contribution in [1.29, 1.82) is 0 Å². The van der Waals surface area contributed by atoms with Crippen LogP contribution < -0.4 is 11.1 Å². The second kappa shape index (κ2) is 8.35. The second-order valence-corrected chi connectivity index (χ2v) is 4.22. The first-order valence-corrected chi connectivity index (χ1v) is 6.11. The van der Waals surface area contributed by atoms with Crippen LogP contribution in [0.15, 0.2) is 5.16 Å². The highest BCUT2D eigenvalue weighted by Crippen LogP contribution is 2.20. The predicted octanol–water partition coefficient (Wildman–Crippen LogP) is 1.06. The van der Waals surface area contributed by atoms with Gasteiger partial charge in [-0.25, -0.2) is 0 Å². The van der Waals surface area contributed by atoms with E-state index in [4.69, 9.17) is 15.7 Å². The Balaban J connectivity index is 1.81. The maximum Gasteiger partial charge on any atom is 0.139 e. The smallest absolute Gasteiger partial charge is 0.139 e. The molecule has 0 aromatic heterocycles. The third kappa shape index (κ3) is 5.92. The number of rotatable bonds is 8. The van der Waals surface area contributed by atoms with Gasteiger partial charge in [0.15, 0.2) is 0 Å². The number of hydrogen-bond donors (Lipinski definition) is 3. The molecule has 1 saturated carbocycles. The largest absolute Gasteiger partial charge is 0.409 e. The van der Waals surface area contributed by atoms with Gasteiger partial charge in [-0.15, -0.1) is 0 Å². The van der Waals surface area contributed by atoms with Crippen LogP contribution in [0.2, 0.25) is 0 Å². The van der Waals surface area contributed by atoms with E-state index in [1.165, 1.54) is 25.7 Å². The van der Waals surface area contributed by atoms with Crippen LogP contribution in [-0.4, -0.2) is 36.8 Å². The maximum absolute atomic E-state index is 8.32. The van der Waals surface area contributed by atoms with Crippen molar-refractivity contribution in [3.8, 4) is 0 Å². The standard InChI is InChI=1S/C11H23N3O2/c12-11(14-15)6-3-7-13-8-9-16-10-4-1-2-5-10/h10,13,15H,1-9H2,(H2,12,14). The van der Waals surface area contributed by atoms with Crippen LogP contribution >= 0.6 is 0 Å². The summed E-state index contributed by atoms with van der Waals surface area (Å²) in [6.07, 6.45) is 7.11. The summed E-state index contributed by atoms with van der Waals surface area (Å²) in [6, 6.07) is 0. The average molecular weight is 229 g/mol. The third-order valence-electron chi connectivity index (χ3n) is 2.85. The number of amidine groups is 1. The molecule has 1 rings (SSSR count). The lowest BCUT2D eigenvalue weighted by atomic mass is 10.3. The van der Waals surface area contributed by atoms with Gasteiger partial charge in [0.2, 0.25) is 0 Å². The number of nitrogens with two attached hydrogens (primary N) is 1. The monoisotopic (exact) mass is 229 g/mol. The van der Waals surface area contributed by atoms with Gasteiger partial charge in [0.1, 0.15) is 5.84 Å². The molecule has 0 aliphatic heterocycles. The minimum absolute atomic E-state index is 0.295. The summed E-state index contributed by atoms with van der Waals surface area (Å²) in [5.41, 5.74) is 5.34. The Morgan fingerprint density at radius 1 is 1.38 bits per heavy atom. The van der Waals surface area contributed by atoms with Crippen molar-refractivity contribution in [2.75, 3.05) is 19.7 Å². The normalized spacial score (nSPS) is 18.1. The molecule has 0 radical (unpaired) electrons. The molecule has 0 unspecified atom stereocenters. The molecule has 5 nitrogen and oxygen atoms in total. The van der Waals surface area contributed by atoms with Gasteiger partial charge in [-0.05, 0) is 25.8 Å². The van der Waals surface area contributed by atoms with Crippen molar-refractivity contribution in [3.63, 3.8) is 0 Å². The van der Waals surface area contributed by atoms with Gasteiger partial charge < -0.3 is 21.0 Å². The lowest BCUT2D eigenvalue weighted by molar-refractivity contribution is 0.0604. The molecule has 94 valence electrons. The first-order chi connectivity index (χ1) is 7.83. The Kier molecular flexibility index (Phi) is 6.92. The molecule has 0 atom stereocenters. The fourth-order valence-electron chi connectivity index (χ4n) is 1.92. The molecule has 0 spiro atoms. The van der Waals surface area contributed by atoms with Gasteiger partial charge in [0, 0.05) is 13.0 Å². The Morgan fingerprint density at radius 2 is 2.12 bits per heavy atom. The topological polar surface area (TPSA) is 79.9 Å². The second-order valence-electron chi connectivity index (χ2n) is 4.22. The zero-order chi connectivity index (χ0) is 11.6. The Labute approximate surface area is 97.0 Å². The van der Waals surface area contributed by atoms with Crippen LogP contribution in [0.1, 0.15) is 38.5 Å². The van der Waals surface area contributed by atoms with E-state index in [0.717, 1.165) is 26.1 Å². The molecular formula is C11H23N3O2. The highest BCUT2D eigenvalue weighted by atomic mass is 16.5. The molecule has 1 aliphatic rings. The van der Waals surface area contributed by atoms with E-state index in [0.29, 0.717) is 18.4 Å². The van der Waals surface area contributed by atoms with Crippen LogP contribution in [0, 0.1) is 0 Å². The molecule has 0 bridgehead atoms. The number of nitrogens with one attached hydrogen (secondary N) is 1. The predicted molar refractivity (Wildman–Crippen MR) is 63.7 cm³/mol. The van der Waals surface area contributed by atoms with E-state index < -0.39 is 0 Å². The van der Waals surface area contributed by atoms with Gasteiger partial charge >= 0.3 is 0 Å². The van der Waals surface area contributed by atoms with Gasteiger partial charge in [-0.3, -0.25) is 0 Å². The zero-order valence-corrected chi connectivity index (χ0v) is 9.82. The summed E-state index contributed by atoms with van der Waals surface area (Å²) in [7, 11) is 0. The fourth-order valence-corrected chi connectivity index (χ4v) is 1.92. The van der Waals surface area contributed by atoms with Crippen molar-refractivity contribution in [2.24, 2.45) is 10.9 Å². The number of nitrogens with zero attached hydrogens (tertiary/aromatic N) is 1. The molecule has 4 N–H and O–H groups in total. The number of oxime groups is 1. The lowest BCUT2D eigenvalue weighted by Gasteiger charge is -2.11. The summed E-state index contributed by atoms with van der Waals surface area (Å²) >= 11 is 0. The highest BCUT2D eigenvalue weighted by molar-refractivity contribution is 5.79. The minimum Gasteiger partial charge on any atom is -0.409 e. The van der Waals surface area contributed by atoms with Crippen molar-refractivity contribution in [3.05, 3.63) is 0 Å². The van der Waals surface area contributed by atoms with Crippen LogP contribution in [0.25, 0.3) is 0 Å². The van der Waals surface area contributed by atoms with E-state index in [1.807, 2.05) is 0 Å². The Hall–Kier alpha value is -0.810. The average Bonchev–Trinajstić information content (AvgIpc) is 2.80. The molecular weight excluding hydrogens is 206 g/mol. The Morgan fingerprint density at radius 3 is 2.81 bits per heavy atom. The van der Waals surface area contributed by atoms with Gasteiger partial charge in [0.25, 0.3) is 0 Å². The molecule has 0 saturated heterocycles. The summed E-state index contributed by atoms with van der Waals surface area (Å²) in [5.74, 6) is 0.295. The van der Waals surface area contributed by atoms with Gasteiger partial charge in [-0.2, -0.15) is 0 Å². The summed E-state index contributed by atoms with van der Waals surface area (Å²) in [5, 5.41) is 14.5. The maximum atomic E-state index is 8.32. The van der Waals surface area contributed by atoms with E-state index in [-0.39, 0.29) is 0 Å².